The molecule has 86 valence electrons. The number of hydrogen-bond acceptors (Lipinski definition) is 1. The molecule has 2 N–H and O–H groups in total. The van der Waals surface area contributed by atoms with Crippen LogP contribution in [0.5, 0.6) is 0 Å². The van der Waals surface area contributed by atoms with Gasteiger partial charge in [-0.15, -0.1) is 5.92 Å². The first-order chi connectivity index (χ1) is 7.14. The van der Waals surface area contributed by atoms with Crippen molar-refractivity contribution < 1.29 is 0 Å². The molecule has 0 aliphatic heterocycles. The van der Waals surface area contributed by atoms with Crippen molar-refractivity contribution >= 4 is 0 Å². The van der Waals surface area contributed by atoms with E-state index in [2.05, 4.69) is 51.7 Å². The third kappa shape index (κ3) is 4.53. The minimum absolute atomic E-state index is 0.243. The van der Waals surface area contributed by atoms with Crippen molar-refractivity contribution in [3.05, 3.63) is 12.2 Å². The molecule has 0 aromatic heterocycles. The first kappa shape index (κ1) is 14.3. The van der Waals surface area contributed by atoms with Gasteiger partial charge in [0.15, 0.2) is 0 Å². The molecule has 2 unspecified atom stereocenters. The molecule has 0 rings (SSSR count). The van der Waals surface area contributed by atoms with Crippen LogP contribution in [0.15, 0.2) is 12.2 Å². The quantitative estimate of drug-likeness (QED) is 0.542. The smallest absolute Gasteiger partial charge is 0.0475 e. The zero-order valence-corrected chi connectivity index (χ0v) is 10.6. The second-order valence-corrected chi connectivity index (χ2v) is 3.91. The summed E-state index contributed by atoms with van der Waals surface area (Å²) in [4.78, 5) is 0. The van der Waals surface area contributed by atoms with Gasteiger partial charge in [0.1, 0.15) is 0 Å². The Hall–Kier alpha value is -0.740. The van der Waals surface area contributed by atoms with E-state index in [1.165, 1.54) is 0 Å². The van der Waals surface area contributed by atoms with Crippen LogP contribution in [-0.2, 0) is 0 Å². The third-order valence-electron chi connectivity index (χ3n) is 2.79. The Morgan fingerprint density at radius 1 is 1.27 bits per heavy atom. The standard InChI is InChI=1S/C14H25N/c1-5-9-11-13(7-3)14(15,8-4)12-10-6-2/h10,12-13H,5-8,15H2,1-4H3. The van der Waals surface area contributed by atoms with Crippen LogP contribution in [-0.4, -0.2) is 5.54 Å². The number of nitrogens with two attached hydrogens (primary N) is 1. The van der Waals surface area contributed by atoms with Crippen LogP contribution in [0.1, 0.15) is 53.4 Å². The lowest BCUT2D eigenvalue weighted by molar-refractivity contribution is 0.383. The van der Waals surface area contributed by atoms with E-state index in [1.54, 1.807) is 0 Å². The second-order valence-electron chi connectivity index (χ2n) is 3.91. The molecule has 0 heterocycles. The minimum atomic E-state index is -0.243. The van der Waals surface area contributed by atoms with Crippen LogP contribution >= 0.6 is 0 Å². The lowest BCUT2D eigenvalue weighted by atomic mass is 9.80. The molecule has 15 heavy (non-hydrogen) atoms. The first-order valence-electron chi connectivity index (χ1n) is 6.09. The summed E-state index contributed by atoms with van der Waals surface area (Å²) in [5.41, 5.74) is 6.15. The van der Waals surface area contributed by atoms with E-state index < -0.39 is 0 Å². The summed E-state index contributed by atoms with van der Waals surface area (Å²) in [6, 6.07) is 0. The van der Waals surface area contributed by atoms with Gasteiger partial charge in [0.25, 0.3) is 0 Å². The van der Waals surface area contributed by atoms with Gasteiger partial charge >= 0.3 is 0 Å². The van der Waals surface area contributed by atoms with Gasteiger partial charge in [-0.1, -0.05) is 45.8 Å². The SMILES string of the molecule is CCC#CC(CC)C(N)(C=CCC)CC. The van der Waals surface area contributed by atoms with Gasteiger partial charge in [0.2, 0.25) is 0 Å². The van der Waals surface area contributed by atoms with E-state index in [0.29, 0.717) is 0 Å². The summed E-state index contributed by atoms with van der Waals surface area (Å²) in [6.45, 7) is 8.50. The van der Waals surface area contributed by atoms with E-state index in [1.807, 2.05) is 0 Å². The van der Waals surface area contributed by atoms with Gasteiger partial charge in [-0.25, -0.2) is 0 Å². The molecule has 0 aromatic carbocycles. The Morgan fingerprint density at radius 2 is 1.93 bits per heavy atom. The Labute approximate surface area is 95.1 Å². The highest BCUT2D eigenvalue weighted by Gasteiger charge is 2.27. The fourth-order valence-electron chi connectivity index (χ4n) is 1.66. The zero-order valence-electron chi connectivity index (χ0n) is 10.6. The van der Waals surface area contributed by atoms with Crippen LogP contribution in [0.3, 0.4) is 0 Å². The van der Waals surface area contributed by atoms with Crippen molar-refractivity contribution in [1.82, 2.24) is 0 Å². The van der Waals surface area contributed by atoms with Gasteiger partial charge in [-0.3, -0.25) is 0 Å². The molecule has 1 heteroatoms. The molecule has 0 aliphatic rings. The van der Waals surface area contributed by atoms with Crippen molar-refractivity contribution in [2.45, 2.75) is 58.9 Å². The molecular formula is C14H25N. The van der Waals surface area contributed by atoms with E-state index in [-0.39, 0.29) is 11.5 Å². The maximum Gasteiger partial charge on any atom is 0.0475 e. The van der Waals surface area contributed by atoms with Crippen LogP contribution in [0.25, 0.3) is 0 Å². The monoisotopic (exact) mass is 207 g/mol. The van der Waals surface area contributed by atoms with Crippen LogP contribution in [0, 0.1) is 17.8 Å². The zero-order chi connectivity index (χ0) is 11.7. The van der Waals surface area contributed by atoms with Gasteiger partial charge in [0, 0.05) is 17.9 Å². The summed E-state index contributed by atoms with van der Waals surface area (Å²) >= 11 is 0. The van der Waals surface area contributed by atoms with Gasteiger partial charge < -0.3 is 5.73 Å². The largest absolute Gasteiger partial charge is 0.321 e. The Kier molecular flexibility index (Phi) is 7.17. The summed E-state index contributed by atoms with van der Waals surface area (Å²) in [5, 5.41) is 0. The summed E-state index contributed by atoms with van der Waals surface area (Å²) in [7, 11) is 0. The fraction of sp³-hybridized carbons (Fsp3) is 0.714. The van der Waals surface area contributed by atoms with Gasteiger partial charge in [-0.2, -0.15) is 0 Å². The molecule has 0 spiro atoms. The molecule has 1 nitrogen and oxygen atoms in total. The van der Waals surface area contributed by atoms with Crippen molar-refractivity contribution in [3.8, 4) is 11.8 Å². The average molecular weight is 207 g/mol. The second kappa shape index (κ2) is 7.54. The highest BCUT2D eigenvalue weighted by molar-refractivity contribution is 5.18. The molecule has 0 saturated carbocycles. The molecule has 2 atom stereocenters. The molecule has 0 saturated heterocycles. The molecule has 0 aliphatic carbocycles. The molecule has 0 radical (unpaired) electrons. The van der Waals surface area contributed by atoms with E-state index >= 15 is 0 Å². The van der Waals surface area contributed by atoms with Crippen molar-refractivity contribution in [1.29, 1.82) is 0 Å². The van der Waals surface area contributed by atoms with E-state index in [4.69, 9.17) is 5.73 Å². The lowest BCUT2D eigenvalue weighted by Gasteiger charge is -2.30. The molecule has 0 bridgehead atoms. The molecule has 0 aromatic rings. The summed E-state index contributed by atoms with van der Waals surface area (Å²) in [5.74, 6) is 6.73. The van der Waals surface area contributed by atoms with Crippen molar-refractivity contribution in [2.24, 2.45) is 11.7 Å². The van der Waals surface area contributed by atoms with Gasteiger partial charge in [-0.05, 0) is 19.3 Å². The average Bonchev–Trinajstić information content (AvgIpc) is 2.27. The number of hydrogen-bond donors (Lipinski definition) is 1. The lowest BCUT2D eigenvalue weighted by Crippen LogP contribution is -2.44. The molecule has 0 amide bonds. The van der Waals surface area contributed by atoms with E-state index in [0.717, 1.165) is 25.7 Å². The van der Waals surface area contributed by atoms with Crippen LogP contribution in [0.2, 0.25) is 0 Å². The van der Waals surface area contributed by atoms with Crippen molar-refractivity contribution in [3.63, 3.8) is 0 Å². The maximum absolute atomic E-state index is 6.39. The first-order valence-corrected chi connectivity index (χ1v) is 6.09. The highest BCUT2D eigenvalue weighted by atomic mass is 14.7. The number of rotatable bonds is 5. The van der Waals surface area contributed by atoms with E-state index in [9.17, 15) is 0 Å². The molecule has 0 fully saturated rings. The van der Waals surface area contributed by atoms with Crippen molar-refractivity contribution in [2.75, 3.05) is 0 Å². The maximum atomic E-state index is 6.39. The third-order valence-corrected chi connectivity index (χ3v) is 2.79. The van der Waals surface area contributed by atoms with Gasteiger partial charge in [0.05, 0.1) is 0 Å². The Balaban J connectivity index is 4.79. The fourth-order valence-corrected chi connectivity index (χ4v) is 1.66. The van der Waals surface area contributed by atoms with Crippen LogP contribution < -0.4 is 5.73 Å². The predicted molar refractivity (Wildman–Crippen MR) is 68.5 cm³/mol. The predicted octanol–water partition coefficient (Wildman–Crippen LogP) is 3.50. The Bertz CT molecular complexity index is 244. The summed E-state index contributed by atoms with van der Waals surface area (Å²) < 4.78 is 0. The normalized spacial score (nSPS) is 16.9. The highest BCUT2D eigenvalue weighted by Crippen LogP contribution is 2.23. The minimum Gasteiger partial charge on any atom is -0.321 e. The molecular weight excluding hydrogens is 182 g/mol. The Morgan fingerprint density at radius 3 is 2.33 bits per heavy atom. The summed E-state index contributed by atoms with van der Waals surface area (Å²) in [6.07, 6.45) is 8.21. The number of allylic oxidation sites excluding steroid dienone is 1. The van der Waals surface area contributed by atoms with Crippen LogP contribution in [0.4, 0.5) is 0 Å². The topological polar surface area (TPSA) is 26.0 Å².